The minimum absolute atomic E-state index is 0.0625. The quantitative estimate of drug-likeness (QED) is 0.868. The van der Waals surface area contributed by atoms with Crippen molar-refractivity contribution in [2.24, 2.45) is 0 Å². The molecule has 0 aromatic carbocycles. The summed E-state index contributed by atoms with van der Waals surface area (Å²) in [6.07, 6.45) is 1.67. The Morgan fingerprint density at radius 3 is 2.73 bits per heavy atom. The van der Waals surface area contributed by atoms with Crippen molar-refractivity contribution >= 4 is 32.0 Å². The average Bonchev–Trinajstić information content (AvgIpc) is 2.74. The van der Waals surface area contributed by atoms with Gasteiger partial charge in [-0.1, -0.05) is 0 Å². The highest BCUT2D eigenvalue weighted by Gasteiger charge is 2.24. The summed E-state index contributed by atoms with van der Waals surface area (Å²) in [5, 5.41) is 8.93. The number of carboxylic acid groups (broad SMARTS) is 1. The maximum atomic E-state index is 12.7. The SMILES string of the molecule is Cc1c(CN(C)C(=O)O)cc(Br)n1S(=O)(=O)c1cccnc1. The van der Waals surface area contributed by atoms with E-state index in [1.54, 1.807) is 19.1 Å². The number of halogens is 1. The van der Waals surface area contributed by atoms with Gasteiger partial charge in [0.1, 0.15) is 9.50 Å². The van der Waals surface area contributed by atoms with E-state index in [1.807, 2.05) is 0 Å². The lowest BCUT2D eigenvalue weighted by atomic mass is 10.2. The molecule has 2 heterocycles. The van der Waals surface area contributed by atoms with Gasteiger partial charge in [0.25, 0.3) is 10.0 Å². The Morgan fingerprint density at radius 2 is 2.18 bits per heavy atom. The monoisotopic (exact) mass is 387 g/mol. The highest BCUT2D eigenvalue weighted by atomic mass is 79.9. The maximum absolute atomic E-state index is 12.7. The zero-order valence-corrected chi connectivity index (χ0v) is 14.3. The van der Waals surface area contributed by atoms with Gasteiger partial charge in [-0.2, -0.15) is 0 Å². The number of amides is 1. The van der Waals surface area contributed by atoms with Gasteiger partial charge >= 0.3 is 6.09 Å². The van der Waals surface area contributed by atoms with Crippen molar-refractivity contribution in [2.45, 2.75) is 18.4 Å². The molecule has 0 saturated carbocycles. The van der Waals surface area contributed by atoms with E-state index >= 15 is 0 Å². The van der Waals surface area contributed by atoms with Gasteiger partial charge in [-0.15, -0.1) is 0 Å². The van der Waals surface area contributed by atoms with Crippen LogP contribution in [0.15, 0.2) is 40.1 Å². The summed E-state index contributed by atoms with van der Waals surface area (Å²) in [6, 6.07) is 4.60. The molecular weight excluding hydrogens is 374 g/mol. The largest absolute Gasteiger partial charge is 0.465 e. The molecule has 0 spiro atoms. The molecule has 1 amide bonds. The summed E-state index contributed by atoms with van der Waals surface area (Å²) in [4.78, 5) is 15.9. The second-order valence-corrected chi connectivity index (χ2v) is 7.27. The van der Waals surface area contributed by atoms with Crippen LogP contribution in [-0.2, 0) is 16.6 Å². The molecule has 0 aliphatic heterocycles. The highest BCUT2D eigenvalue weighted by Crippen LogP contribution is 2.27. The first-order chi connectivity index (χ1) is 10.2. The number of aromatic nitrogens is 2. The highest BCUT2D eigenvalue weighted by molar-refractivity contribution is 9.10. The van der Waals surface area contributed by atoms with Gasteiger partial charge < -0.3 is 10.0 Å². The van der Waals surface area contributed by atoms with Crippen LogP contribution in [0.4, 0.5) is 4.79 Å². The fourth-order valence-electron chi connectivity index (χ4n) is 1.98. The van der Waals surface area contributed by atoms with E-state index < -0.39 is 16.1 Å². The topological polar surface area (TPSA) is 92.5 Å². The average molecular weight is 388 g/mol. The second-order valence-electron chi connectivity index (χ2n) is 4.67. The lowest BCUT2D eigenvalue weighted by Crippen LogP contribution is -2.24. The van der Waals surface area contributed by atoms with Gasteiger partial charge in [0.05, 0.1) is 6.54 Å². The fourth-order valence-corrected chi connectivity index (χ4v) is 4.51. The predicted octanol–water partition coefficient (Wildman–Crippen LogP) is 2.30. The number of carbonyl (C=O) groups is 1. The third-order valence-electron chi connectivity index (χ3n) is 3.16. The van der Waals surface area contributed by atoms with Crippen LogP contribution in [0.2, 0.25) is 0 Å². The molecular formula is C13H14BrN3O4S. The Kier molecular flexibility index (Phi) is 4.57. The Hall–Kier alpha value is -1.87. The molecule has 0 saturated heterocycles. The number of rotatable bonds is 4. The van der Waals surface area contributed by atoms with Crippen molar-refractivity contribution in [3.63, 3.8) is 0 Å². The molecule has 22 heavy (non-hydrogen) atoms. The van der Waals surface area contributed by atoms with Crippen molar-refractivity contribution < 1.29 is 18.3 Å². The molecule has 7 nitrogen and oxygen atoms in total. The van der Waals surface area contributed by atoms with Crippen LogP contribution in [0.3, 0.4) is 0 Å². The van der Waals surface area contributed by atoms with Crippen LogP contribution < -0.4 is 0 Å². The summed E-state index contributed by atoms with van der Waals surface area (Å²) in [6.45, 7) is 1.72. The van der Waals surface area contributed by atoms with Gasteiger partial charge in [-0.25, -0.2) is 17.2 Å². The van der Waals surface area contributed by atoms with Crippen LogP contribution >= 0.6 is 15.9 Å². The molecule has 0 fully saturated rings. The molecule has 1 N–H and O–H groups in total. The van der Waals surface area contributed by atoms with Gasteiger partial charge in [0, 0.05) is 25.1 Å². The molecule has 118 valence electrons. The van der Waals surface area contributed by atoms with Gasteiger partial charge in [0.15, 0.2) is 0 Å². The van der Waals surface area contributed by atoms with Gasteiger partial charge in [-0.05, 0) is 46.6 Å². The first kappa shape index (κ1) is 16.5. The smallest absolute Gasteiger partial charge is 0.407 e. The van der Waals surface area contributed by atoms with Gasteiger partial charge in [-0.3, -0.25) is 4.98 Å². The van der Waals surface area contributed by atoms with Crippen molar-refractivity contribution in [1.29, 1.82) is 0 Å². The van der Waals surface area contributed by atoms with E-state index in [0.717, 1.165) is 8.87 Å². The molecule has 0 bridgehead atoms. The first-order valence-electron chi connectivity index (χ1n) is 6.21. The van der Waals surface area contributed by atoms with Crippen molar-refractivity contribution in [2.75, 3.05) is 7.05 Å². The van der Waals surface area contributed by atoms with Gasteiger partial charge in [0.2, 0.25) is 0 Å². The van der Waals surface area contributed by atoms with E-state index in [-0.39, 0.29) is 11.4 Å². The molecule has 0 atom stereocenters. The molecule has 2 rings (SSSR count). The minimum Gasteiger partial charge on any atom is -0.465 e. The van der Waals surface area contributed by atoms with Crippen LogP contribution in [0, 0.1) is 6.92 Å². The molecule has 0 radical (unpaired) electrons. The second kappa shape index (κ2) is 6.09. The number of nitrogens with zero attached hydrogens (tertiary/aromatic N) is 3. The molecule has 0 unspecified atom stereocenters. The summed E-state index contributed by atoms with van der Waals surface area (Å²) >= 11 is 3.23. The molecule has 0 aliphatic carbocycles. The third-order valence-corrected chi connectivity index (χ3v) is 5.77. The number of pyridine rings is 1. The standard InChI is InChI=1S/C13H14BrN3O4S/c1-9-10(8-16(2)13(18)19)6-12(14)17(9)22(20,21)11-4-3-5-15-7-11/h3-7H,8H2,1-2H3,(H,18,19). The van der Waals surface area contributed by atoms with Crippen LogP contribution in [0.5, 0.6) is 0 Å². The van der Waals surface area contributed by atoms with Crippen LogP contribution in [-0.4, -0.2) is 40.5 Å². The van der Waals surface area contributed by atoms with E-state index in [2.05, 4.69) is 20.9 Å². The predicted molar refractivity (Wildman–Crippen MR) is 83.2 cm³/mol. The molecule has 0 aliphatic rings. The lowest BCUT2D eigenvalue weighted by Gasteiger charge is -2.13. The first-order valence-corrected chi connectivity index (χ1v) is 8.45. The zero-order chi connectivity index (χ0) is 16.5. The summed E-state index contributed by atoms with van der Waals surface area (Å²) in [5.74, 6) is 0. The van der Waals surface area contributed by atoms with Crippen molar-refractivity contribution in [3.8, 4) is 0 Å². The number of hydrogen-bond donors (Lipinski definition) is 1. The van der Waals surface area contributed by atoms with Crippen molar-refractivity contribution in [1.82, 2.24) is 13.9 Å². The summed E-state index contributed by atoms with van der Waals surface area (Å²) in [5.41, 5.74) is 1.05. The van der Waals surface area contributed by atoms with E-state index in [1.165, 1.54) is 25.5 Å². The summed E-state index contributed by atoms with van der Waals surface area (Å²) in [7, 11) is -2.37. The third kappa shape index (κ3) is 3.00. The Balaban J connectivity index is 2.50. The fraction of sp³-hybridized carbons (Fsp3) is 0.231. The normalized spacial score (nSPS) is 11.4. The Morgan fingerprint density at radius 1 is 1.50 bits per heavy atom. The van der Waals surface area contributed by atoms with E-state index in [4.69, 9.17) is 5.11 Å². The maximum Gasteiger partial charge on any atom is 0.407 e. The minimum atomic E-state index is -3.79. The van der Waals surface area contributed by atoms with E-state index in [0.29, 0.717) is 15.9 Å². The van der Waals surface area contributed by atoms with Crippen LogP contribution in [0.25, 0.3) is 0 Å². The van der Waals surface area contributed by atoms with Crippen LogP contribution in [0.1, 0.15) is 11.3 Å². The number of hydrogen-bond acceptors (Lipinski definition) is 4. The Bertz CT molecular complexity index is 802. The van der Waals surface area contributed by atoms with Crippen molar-refractivity contribution in [3.05, 3.63) is 46.5 Å². The molecule has 9 heteroatoms. The Labute approximate surface area is 136 Å². The zero-order valence-electron chi connectivity index (χ0n) is 11.9. The summed E-state index contributed by atoms with van der Waals surface area (Å²) < 4.78 is 26.8. The molecule has 2 aromatic heterocycles. The van der Waals surface area contributed by atoms with E-state index in [9.17, 15) is 13.2 Å². The lowest BCUT2D eigenvalue weighted by molar-refractivity contribution is 0.153. The molecule has 2 aromatic rings.